The van der Waals surface area contributed by atoms with Crippen LogP contribution in [0, 0.1) is 11.3 Å². The lowest BCUT2D eigenvalue weighted by Crippen LogP contribution is -2.31. The van der Waals surface area contributed by atoms with Crippen LogP contribution in [0.15, 0.2) is 18.5 Å². The molecule has 1 aromatic rings. The zero-order chi connectivity index (χ0) is 12.0. The Balaban J connectivity index is 2.69. The van der Waals surface area contributed by atoms with Gasteiger partial charge >= 0.3 is 0 Å². The van der Waals surface area contributed by atoms with Crippen molar-refractivity contribution in [3.05, 3.63) is 29.0 Å². The van der Waals surface area contributed by atoms with Crippen molar-refractivity contribution in [1.29, 1.82) is 5.26 Å². The molecule has 0 aliphatic rings. The summed E-state index contributed by atoms with van der Waals surface area (Å²) in [6.07, 6.45) is 3.94. The molecule has 0 unspecified atom stereocenters. The molecule has 0 aliphatic carbocycles. The third kappa shape index (κ3) is 3.80. The van der Waals surface area contributed by atoms with Gasteiger partial charge in [-0.05, 0) is 25.5 Å². The van der Waals surface area contributed by atoms with E-state index in [1.54, 1.807) is 12.4 Å². The average molecular weight is 238 g/mol. The Labute approximate surface area is 102 Å². The van der Waals surface area contributed by atoms with Crippen molar-refractivity contribution in [3.63, 3.8) is 0 Å². The fraction of sp³-hybridized carbons (Fsp3) is 0.500. The maximum Gasteiger partial charge on any atom is 0.0635 e. The average Bonchev–Trinajstić information content (AvgIpc) is 2.26. The van der Waals surface area contributed by atoms with Crippen molar-refractivity contribution in [3.8, 4) is 6.07 Å². The number of halogens is 1. The van der Waals surface area contributed by atoms with Gasteiger partial charge in [0, 0.05) is 37.9 Å². The smallest absolute Gasteiger partial charge is 0.0635 e. The van der Waals surface area contributed by atoms with E-state index in [-0.39, 0.29) is 0 Å². The van der Waals surface area contributed by atoms with Gasteiger partial charge in [0.15, 0.2) is 0 Å². The quantitative estimate of drug-likeness (QED) is 0.791. The molecule has 0 N–H and O–H groups in total. The summed E-state index contributed by atoms with van der Waals surface area (Å²) >= 11 is 6.05. The molecule has 1 aromatic heterocycles. The minimum Gasteiger partial charge on any atom is -0.296 e. The first-order valence-electron chi connectivity index (χ1n) is 5.34. The van der Waals surface area contributed by atoms with Crippen LogP contribution >= 0.6 is 11.6 Å². The molecule has 4 heteroatoms. The van der Waals surface area contributed by atoms with E-state index in [1.807, 2.05) is 6.07 Å². The fourth-order valence-corrected chi connectivity index (χ4v) is 1.64. The first-order chi connectivity index (χ1) is 7.65. The van der Waals surface area contributed by atoms with E-state index >= 15 is 0 Å². The molecule has 0 aromatic carbocycles. The molecule has 0 spiro atoms. The summed E-state index contributed by atoms with van der Waals surface area (Å²) in [6, 6.07) is 4.49. The van der Waals surface area contributed by atoms with E-state index < -0.39 is 0 Å². The molecule has 16 heavy (non-hydrogen) atoms. The number of rotatable bonds is 5. The van der Waals surface area contributed by atoms with Crippen LogP contribution in [0.1, 0.15) is 25.8 Å². The van der Waals surface area contributed by atoms with E-state index in [9.17, 15) is 0 Å². The summed E-state index contributed by atoms with van der Waals surface area (Å²) in [5.74, 6) is 0. The molecule has 0 bridgehead atoms. The van der Waals surface area contributed by atoms with Gasteiger partial charge < -0.3 is 0 Å². The normalized spacial score (nSPS) is 10.8. The summed E-state index contributed by atoms with van der Waals surface area (Å²) < 4.78 is 0. The Hall–Kier alpha value is -1.11. The lowest BCUT2D eigenvalue weighted by atomic mass is 10.2. The van der Waals surface area contributed by atoms with Crippen LogP contribution in [0.3, 0.4) is 0 Å². The molecule has 0 fully saturated rings. The second kappa shape index (κ2) is 6.47. The topological polar surface area (TPSA) is 39.9 Å². The molecule has 0 saturated carbocycles. The van der Waals surface area contributed by atoms with Crippen molar-refractivity contribution < 1.29 is 0 Å². The van der Waals surface area contributed by atoms with Gasteiger partial charge in [0.05, 0.1) is 11.1 Å². The highest BCUT2D eigenvalue weighted by Crippen LogP contribution is 2.17. The molecular weight excluding hydrogens is 222 g/mol. The molecule has 0 aliphatic heterocycles. The second-order valence-electron chi connectivity index (χ2n) is 3.94. The van der Waals surface area contributed by atoms with Gasteiger partial charge in [0.25, 0.3) is 0 Å². The van der Waals surface area contributed by atoms with Gasteiger partial charge in [-0.25, -0.2) is 0 Å². The fourth-order valence-electron chi connectivity index (χ4n) is 1.46. The van der Waals surface area contributed by atoms with Crippen molar-refractivity contribution in [2.75, 3.05) is 6.54 Å². The zero-order valence-electron chi connectivity index (χ0n) is 9.65. The Morgan fingerprint density at radius 2 is 2.31 bits per heavy atom. The lowest BCUT2D eigenvalue weighted by Gasteiger charge is -2.25. The van der Waals surface area contributed by atoms with Crippen LogP contribution in [0.25, 0.3) is 0 Å². The van der Waals surface area contributed by atoms with E-state index in [1.165, 1.54) is 0 Å². The maximum absolute atomic E-state index is 8.60. The minimum absolute atomic E-state index is 0.401. The SMILES string of the molecule is CC(C)N(CCC#N)Cc1ccncc1Cl. The van der Waals surface area contributed by atoms with Crippen LogP contribution in [0.5, 0.6) is 0 Å². The third-order valence-electron chi connectivity index (χ3n) is 2.47. The highest BCUT2D eigenvalue weighted by molar-refractivity contribution is 6.31. The second-order valence-corrected chi connectivity index (χ2v) is 4.35. The van der Waals surface area contributed by atoms with E-state index in [2.05, 4.69) is 29.8 Å². The predicted octanol–water partition coefficient (Wildman–Crippen LogP) is 2.86. The van der Waals surface area contributed by atoms with Crippen LogP contribution in [0.4, 0.5) is 0 Å². The van der Waals surface area contributed by atoms with E-state index in [0.717, 1.165) is 18.7 Å². The molecule has 3 nitrogen and oxygen atoms in total. The first-order valence-corrected chi connectivity index (χ1v) is 5.72. The minimum atomic E-state index is 0.401. The standard InChI is InChI=1S/C12H16ClN3/c1-10(2)16(7-3-5-14)9-11-4-6-15-8-12(11)13/h4,6,8,10H,3,7,9H2,1-2H3. The lowest BCUT2D eigenvalue weighted by molar-refractivity contribution is 0.218. The summed E-state index contributed by atoms with van der Waals surface area (Å²) in [7, 11) is 0. The molecule has 1 heterocycles. The summed E-state index contributed by atoms with van der Waals surface area (Å²) in [4.78, 5) is 6.18. The summed E-state index contributed by atoms with van der Waals surface area (Å²) in [5, 5.41) is 9.29. The van der Waals surface area contributed by atoms with Crippen LogP contribution in [0.2, 0.25) is 5.02 Å². The molecule has 0 amide bonds. The predicted molar refractivity (Wildman–Crippen MR) is 65.0 cm³/mol. The van der Waals surface area contributed by atoms with E-state index in [0.29, 0.717) is 17.5 Å². The van der Waals surface area contributed by atoms with Gasteiger partial charge in [0.1, 0.15) is 0 Å². The van der Waals surface area contributed by atoms with Crippen LogP contribution < -0.4 is 0 Å². The van der Waals surface area contributed by atoms with Gasteiger partial charge in [-0.2, -0.15) is 5.26 Å². The Kier molecular flexibility index (Phi) is 5.24. The summed E-state index contributed by atoms with van der Waals surface area (Å²) in [6.45, 7) is 5.77. The number of hydrogen-bond acceptors (Lipinski definition) is 3. The monoisotopic (exact) mass is 237 g/mol. The van der Waals surface area contributed by atoms with Gasteiger partial charge in [-0.1, -0.05) is 11.6 Å². The highest BCUT2D eigenvalue weighted by atomic mass is 35.5. The molecular formula is C12H16ClN3. The first kappa shape index (κ1) is 13.0. The molecule has 0 saturated heterocycles. The van der Waals surface area contributed by atoms with Gasteiger partial charge in [-0.15, -0.1) is 0 Å². The third-order valence-corrected chi connectivity index (χ3v) is 2.81. The Morgan fingerprint density at radius 3 is 2.88 bits per heavy atom. The number of hydrogen-bond donors (Lipinski definition) is 0. The van der Waals surface area contributed by atoms with Crippen LogP contribution in [-0.4, -0.2) is 22.5 Å². The number of nitrogens with zero attached hydrogens (tertiary/aromatic N) is 3. The molecule has 0 radical (unpaired) electrons. The highest BCUT2D eigenvalue weighted by Gasteiger charge is 2.11. The summed E-state index contributed by atoms with van der Waals surface area (Å²) in [5.41, 5.74) is 1.06. The van der Waals surface area contributed by atoms with Crippen molar-refractivity contribution >= 4 is 11.6 Å². The Morgan fingerprint density at radius 1 is 1.56 bits per heavy atom. The van der Waals surface area contributed by atoms with Crippen molar-refractivity contribution in [1.82, 2.24) is 9.88 Å². The number of nitriles is 1. The maximum atomic E-state index is 8.60. The van der Waals surface area contributed by atoms with Gasteiger partial charge in [-0.3, -0.25) is 9.88 Å². The zero-order valence-corrected chi connectivity index (χ0v) is 10.4. The van der Waals surface area contributed by atoms with E-state index in [4.69, 9.17) is 16.9 Å². The van der Waals surface area contributed by atoms with Crippen molar-refractivity contribution in [2.24, 2.45) is 0 Å². The van der Waals surface area contributed by atoms with Crippen molar-refractivity contribution in [2.45, 2.75) is 32.9 Å². The number of pyridine rings is 1. The molecule has 86 valence electrons. The number of aromatic nitrogens is 1. The molecule has 1 rings (SSSR count). The van der Waals surface area contributed by atoms with Gasteiger partial charge in [0.2, 0.25) is 0 Å². The molecule has 0 atom stereocenters. The Bertz CT molecular complexity index is 371. The van der Waals surface area contributed by atoms with Crippen LogP contribution in [-0.2, 0) is 6.54 Å². The largest absolute Gasteiger partial charge is 0.296 e.